The number of ether oxygens (including phenoxy) is 1. The number of carbonyl (C=O) groups is 2. The zero-order valence-electron chi connectivity index (χ0n) is 12.0. The fraction of sp³-hybridized carbons (Fsp3) is 0.867. The molecule has 1 aliphatic carbocycles. The molecule has 0 aromatic rings. The monoisotopic (exact) mass is 280 g/mol. The van der Waals surface area contributed by atoms with Crippen molar-refractivity contribution in [2.24, 2.45) is 5.41 Å². The lowest BCUT2D eigenvalue weighted by atomic mass is 9.67. The number of hydrogen-bond acceptors (Lipinski definition) is 4. The summed E-state index contributed by atoms with van der Waals surface area (Å²) in [6, 6.07) is 0. The van der Waals surface area contributed by atoms with Crippen LogP contribution in [0.25, 0.3) is 0 Å². The third kappa shape index (κ3) is 2.88. The first-order chi connectivity index (χ1) is 9.69. The zero-order chi connectivity index (χ0) is 14.0. The van der Waals surface area contributed by atoms with E-state index in [1.807, 2.05) is 0 Å². The van der Waals surface area contributed by atoms with Crippen LogP contribution in [-0.4, -0.2) is 49.1 Å². The van der Waals surface area contributed by atoms with E-state index < -0.39 is 0 Å². The standard InChI is InChI=1S/C15H24N2O3/c18-13-8-15(4-2-1-3-5-15)9-14(19)17(13)11-12-10-16-6-7-20-12/h12,16H,1-11H2. The first-order valence-electron chi connectivity index (χ1n) is 7.84. The van der Waals surface area contributed by atoms with Crippen molar-refractivity contribution >= 4 is 11.8 Å². The largest absolute Gasteiger partial charge is 0.374 e. The molecule has 0 aromatic heterocycles. The molecule has 2 amide bonds. The summed E-state index contributed by atoms with van der Waals surface area (Å²) in [6.45, 7) is 2.65. The van der Waals surface area contributed by atoms with Gasteiger partial charge in [-0.25, -0.2) is 0 Å². The maximum atomic E-state index is 12.4. The van der Waals surface area contributed by atoms with Crippen molar-refractivity contribution in [3.05, 3.63) is 0 Å². The van der Waals surface area contributed by atoms with E-state index in [0.29, 0.717) is 26.0 Å². The first-order valence-corrected chi connectivity index (χ1v) is 7.84. The van der Waals surface area contributed by atoms with Crippen molar-refractivity contribution in [1.82, 2.24) is 10.2 Å². The van der Waals surface area contributed by atoms with Gasteiger partial charge in [0.05, 0.1) is 19.3 Å². The molecule has 2 aliphatic heterocycles. The molecule has 1 saturated carbocycles. The maximum absolute atomic E-state index is 12.4. The summed E-state index contributed by atoms with van der Waals surface area (Å²) in [7, 11) is 0. The summed E-state index contributed by atoms with van der Waals surface area (Å²) in [5.41, 5.74) is -0.0193. The molecule has 2 saturated heterocycles. The maximum Gasteiger partial charge on any atom is 0.229 e. The minimum Gasteiger partial charge on any atom is -0.374 e. The van der Waals surface area contributed by atoms with Gasteiger partial charge >= 0.3 is 0 Å². The minimum atomic E-state index is -0.0444. The summed E-state index contributed by atoms with van der Waals surface area (Å²) >= 11 is 0. The lowest BCUT2D eigenvalue weighted by molar-refractivity contribution is -0.157. The Morgan fingerprint density at radius 1 is 1.15 bits per heavy atom. The van der Waals surface area contributed by atoms with Crippen LogP contribution < -0.4 is 5.32 Å². The van der Waals surface area contributed by atoms with Gasteiger partial charge in [-0.1, -0.05) is 19.3 Å². The second-order valence-electron chi connectivity index (χ2n) is 6.51. The van der Waals surface area contributed by atoms with Gasteiger partial charge in [-0.3, -0.25) is 14.5 Å². The lowest BCUT2D eigenvalue weighted by Gasteiger charge is -2.43. The minimum absolute atomic E-state index is 0.0114. The molecular formula is C15H24N2O3. The highest BCUT2D eigenvalue weighted by molar-refractivity contribution is 5.98. The summed E-state index contributed by atoms with van der Waals surface area (Å²) in [5, 5.41) is 3.24. The molecule has 5 nitrogen and oxygen atoms in total. The Morgan fingerprint density at radius 3 is 2.45 bits per heavy atom. The van der Waals surface area contributed by atoms with Gasteiger partial charge in [-0.2, -0.15) is 0 Å². The number of amides is 2. The number of piperidine rings is 1. The Hall–Kier alpha value is -0.940. The van der Waals surface area contributed by atoms with E-state index in [1.54, 1.807) is 0 Å². The van der Waals surface area contributed by atoms with Crippen LogP contribution >= 0.6 is 0 Å². The molecule has 1 N–H and O–H groups in total. The molecule has 0 aromatic carbocycles. The third-order valence-electron chi connectivity index (χ3n) is 4.96. The van der Waals surface area contributed by atoms with Gasteiger partial charge in [0.1, 0.15) is 0 Å². The molecular weight excluding hydrogens is 256 g/mol. The van der Waals surface area contributed by atoms with E-state index in [2.05, 4.69) is 5.32 Å². The van der Waals surface area contributed by atoms with Crippen LogP contribution in [0.2, 0.25) is 0 Å². The fourth-order valence-corrected chi connectivity index (χ4v) is 3.83. The molecule has 0 bridgehead atoms. The van der Waals surface area contributed by atoms with Crippen molar-refractivity contribution in [2.45, 2.75) is 51.0 Å². The zero-order valence-corrected chi connectivity index (χ0v) is 12.0. The van der Waals surface area contributed by atoms with Crippen LogP contribution in [0.4, 0.5) is 0 Å². The molecule has 1 spiro atoms. The lowest BCUT2D eigenvalue weighted by Crippen LogP contribution is -2.53. The number of nitrogens with one attached hydrogen (secondary N) is 1. The second-order valence-corrected chi connectivity index (χ2v) is 6.51. The third-order valence-corrected chi connectivity index (χ3v) is 4.96. The smallest absolute Gasteiger partial charge is 0.229 e. The Kier molecular flexibility index (Phi) is 4.08. The Bertz CT molecular complexity index is 365. The SMILES string of the molecule is O=C1CC2(CCCCC2)CC(=O)N1CC1CNCCO1. The molecule has 3 fully saturated rings. The predicted octanol–water partition coefficient (Wildman–Crippen LogP) is 1.07. The van der Waals surface area contributed by atoms with Gasteiger partial charge in [0.2, 0.25) is 11.8 Å². The molecule has 2 heterocycles. The van der Waals surface area contributed by atoms with Crippen LogP contribution in [-0.2, 0) is 14.3 Å². The molecule has 3 rings (SSSR count). The second kappa shape index (κ2) is 5.82. The number of imide groups is 1. The highest BCUT2D eigenvalue weighted by Crippen LogP contribution is 2.45. The van der Waals surface area contributed by atoms with Gasteiger partial charge in [0, 0.05) is 25.9 Å². The van der Waals surface area contributed by atoms with E-state index in [9.17, 15) is 9.59 Å². The van der Waals surface area contributed by atoms with Gasteiger partial charge < -0.3 is 10.1 Å². The van der Waals surface area contributed by atoms with Crippen molar-refractivity contribution in [2.75, 3.05) is 26.2 Å². The molecule has 1 atom stereocenters. The molecule has 20 heavy (non-hydrogen) atoms. The Balaban J connectivity index is 1.62. The normalized spacial score (nSPS) is 30.8. The van der Waals surface area contributed by atoms with E-state index in [0.717, 1.165) is 38.8 Å². The average molecular weight is 280 g/mol. The highest BCUT2D eigenvalue weighted by atomic mass is 16.5. The number of carbonyl (C=O) groups excluding carboxylic acids is 2. The highest BCUT2D eigenvalue weighted by Gasteiger charge is 2.44. The van der Waals surface area contributed by atoms with Crippen LogP contribution in [0.5, 0.6) is 0 Å². The predicted molar refractivity (Wildman–Crippen MR) is 74.1 cm³/mol. The topological polar surface area (TPSA) is 58.6 Å². The van der Waals surface area contributed by atoms with E-state index in [-0.39, 0.29) is 23.3 Å². The fourth-order valence-electron chi connectivity index (χ4n) is 3.83. The van der Waals surface area contributed by atoms with Crippen LogP contribution in [0.15, 0.2) is 0 Å². The van der Waals surface area contributed by atoms with E-state index in [4.69, 9.17) is 4.74 Å². The van der Waals surface area contributed by atoms with Gasteiger partial charge in [-0.05, 0) is 18.3 Å². The summed E-state index contributed by atoms with van der Waals surface area (Å²) in [4.78, 5) is 26.2. The van der Waals surface area contributed by atoms with Crippen molar-refractivity contribution < 1.29 is 14.3 Å². The number of likely N-dealkylation sites (tertiary alicyclic amines) is 1. The van der Waals surface area contributed by atoms with Crippen molar-refractivity contribution in [3.63, 3.8) is 0 Å². The summed E-state index contributed by atoms with van der Waals surface area (Å²) < 4.78 is 5.61. The van der Waals surface area contributed by atoms with Crippen molar-refractivity contribution in [1.29, 1.82) is 0 Å². The van der Waals surface area contributed by atoms with Gasteiger partial charge in [-0.15, -0.1) is 0 Å². The van der Waals surface area contributed by atoms with E-state index >= 15 is 0 Å². The molecule has 5 heteroatoms. The number of rotatable bonds is 2. The number of nitrogens with zero attached hydrogens (tertiary/aromatic N) is 1. The van der Waals surface area contributed by atoms with Crippen molar-refractivity contribution in [3.8, 4) is 0 Å². The molecule has 0 radical (unpaired) electrons. The molecule has 1 unspecified atom stereocenters. The summed E-state index contributed by atoms with van der Waals surface area (Å²) in [6.07, 6.45) is 6.72. The molecule has 112 valence electrons. The van der Waals surface area contributed by atoms with Crippen LogP contribution in [0.3, 0.4) is 0 Å². The average Bonchev–Trinajstić information content (AvgIpc) is 2.45. The van der Waals surface area contributed by atoms with Gasteiger partial charge in [0.15, 0.2) is 0 Å². The first kappa shape index (κ1) is 14.0. The Morgan fingerprint density at radius 2 is 1.85 bits per heavy atom. The van der Waals surface area contributed by atoms with Crippen LogP contribution in [0, 0.1) is 5.41 Å². The number of hydrogen-bond donors (Lipinski definition) is 1. The van der Waals surface area contributed by atoms with Crippen LogP contribution in [0.1, 0.15) is 44.9 Å². The van der Waals surface area contributed by atoms with E-state index in [1.165, 1.54) is 11.3 Å². The summed E-state index contributed by atoms with van der Waals surface area (Å²) in [5.74, 6) is 0.0228. The van der Waals surface area contributed by atoms with Gasteiger partial charge in [0.25, 0.3) is 0 Å². The quantitative estimate of drug-likeness (QED) is 0.769. The molecule has 3 aliphatic rings. The number of morpholine rings is 1. The Labute approximate surface area is 120 Å².